The molecule has 25 heavy (non-hydrogen) atoms. The van der Waals surface area contributed by atoms with Crippen molar-refractivity contribution in [3.63, 3.8) is 0 Å². The van der Waals surface area contributed by atoms with Gasteiger partial charge in [-0.25, -0.2) is 0 Å². The minimum atomic E-state index is -3.71. The quantitative estimate of drug-likeness (QED) is 0.494. The van der Waals surface area contributed by atoms with Gasteiger partial charge in [-0.15, -0.1) is 0 Å². The molecule has 0 heterocycles. The van der Waals surface area contributed by atoms with Crippen molar-refractivity contribution in [2.24, 2.45) is 28.6 Å². The Bertz CT molecular complexity index is 801. The highest BCUT2D eigenvalue weighted by Gasteiger charge is 2.59. The predicted molar refractivity (Wildman–Crippen MR) is 102 cm³/mol. The predicted octanol–water partition coefficient (Wildman–Crippen LogP) is 5.17. The topological polar surface area (TPSA) is 43.4 Å². The van der Waals surface area contributed by atoms with Crippen LogP contribution in [0.5, 0.6) is 0 Å². The van der Waals surface area contributed by atoms with Crippen LogP contribution in [0.4, 0.5) is 0 Å². The summed E-state index contributed by atoms with van der Waals surface area (Å²) < 4.78 is 31.6. The molecule has 5 atom stereocenters. The summed E-state index contributed by atoms with van der Waals surface area (Å²) in [6, 6.07) is 6.65. The Balaban J connectivity index is 1.57. The largest absolute Gasteiger partial charge is 0.296 e. The number of allylic oxidation sites excluding steroid dienone is 2. The molecule has 0 aliphatic heterocycles. The minimum Gasteiger partial charge on any atom is -0.266 e. The Hall–Kier alpha value is -0.650. The fraction of sp³-hybridized carbons (Fsp3) is 0.600. The van der Waals surface area contributed by atoms with Crippen molar-refractivity contribution < 1.29 is 12.6 Å². The van der Waals surface area contributed by atoms with Gasteiger partial charge >= 0.3 is 0 Å². The molecule has 4 aliphatic rings. The molecular weight excluding hydrogens is 400 g/mol. The smallest absolute Gasteiger partial charge is 0.266 e. The maximum absolute atomic E-state index is 12.6. The van der Waals surface area contributed by atoms with Crippen molar-refractivity contribution in [1.29, 1.82) is 0 Å². The lowest BCUT2D eigenvalue weighted by molar-refractivity contribution is -0.0324. The number of hydrogen-bond donors (Lipinski definition) is 0. The number of rotatable bonds is 4. The third-order valence-corrected chi connectivity index (χ3v) is 9.05. The molecule has 0 aromatic heterocycles. The third kappa shape index (κ3) is 2.74. The molecule has 1 spiro atoms. The van der Waals surface area contributed by atoms with E-state index in [1.807, 2.05) is 0 Å². The number of benzene rings is 1. The number of fused-ring (bicyclic) bond motifs is 1. The lowest BCUT2D eigenvalue weighted by atomic mass is 9.48. The Morgan fingerprint density at radius 2 is 1.88 bits per heavy atom. The number of halogens is 1. The molecule has 136 valence electrons. The van der Waals surface area contributed by atoms with Gasteiger partial charge in [0.05, 0.1) is 11.5 Å². The van der Waals surface area contributed by atoms with Crippen LogP contribution < -0.4 is 0 Å². The van der Waals surface area contributed by atoms with Crippen LogP contribution in [0, 0.1) is 28.6 Å². The van der Waals surface area contributed by atoms with E-state index >= 15 is 0 Å². The van der Waals surface area contributed by atoms with Gasteiger partial charge in [0.15, 0.2) is 0 Å². The second-order valence-corrected chi connectivity index (χ2v) is 10.9. The van der Waals surface area contributed by atoms with Gasteiger partial charge in [0.2, 0.25) is 0 Å². The van der Waals surface area contributed by atoms with Gasteiger partial charge in [-0.3, -0.25) is 4.18 Å². The maximum atomic E-state index is 12.6. The van der Waals surface area contributed by atoms with Crippen molar-refractivity contribution in [3.8, 4) is 0 Å². The Morgan fingerprint density at radius 1 is 1.16 bits per heavy atom. The first-order valence-electron chi connectivity index (χ1n) is 9.12. The van der Waals surface area contributed by atoms with Gasteiger partial charge < -0.3 is 0 Å². The van der Waals surface area contributed by atoms with Crippen LogP contribution in [0.25, 0.3) is 0 Å². The molecule has 5 heteroatoms. The first kappa shape index (κ1) is 17.7. The van der Waals surface area contributed by atoms with E-state index in [1.54, 1.807) is 24.3 Å². The van der Waals surface area contributed by atoms with E-state index in [-0.39, 0.29) is 21.6 Å². The second kappa shape index (κ2) is 5.93. The molecule has 0 N–H and O–H groups in total. The summed E-state index contributed by atoms with van der Waals surface area (Å²) in [6.07, 6.45) is 9.61. The highest BCUT2D eigenvalue weighted by atomic mass is 79.9. The first-order valence-corrected chi connectivity index (χ1v) is 11.3. The summed E-state index contributed by atoms with van der Waals surface area (Å²) in [4.78, 5) is 0.229. The van der Waals surface area contributed by atoms with Crippen molar-refractivity contribution in [3.05, 3.63) is 40.9 Å². The lowest BCUT2D eigenvalue weighted by Crippen LogP contribution is -2.51. The monoisotopic (exact) mass is 424 g/mol. The zero-order chi connectivity index (χ0) is 17.9. The summed E-state index contributed by atoms with van der Waals surface area (Å²) in [5.41, 5.74) is 0.332. The summed E-state index contributed by atoms with van der Waals surface area (Å²) in [7, 11) is -3.71. The van der Waals surface area contributed by atoms with Crippen LogP contribution in [0.1, 0.15) is 39.5 Å². The Labute approximate surface area is 159 Å². The van der Waals surface area contributed by atoms with Gasteiger partial charge in [-0.1, -0.05) is 41.9 Å². The first-order chi connectivity index (χ1) is 11.8. The van der Waals surface area contributed by atoms with E-state index in [2.05, 4.69) is 41.9 Å². The van der Waals surface area contributed by atoms with Crippen LogP contribution in [-0.2, 0) is 14.3 Å². The molecule has 1 aromatic carbocycles. The van der Waals surface area contributed by atoms with E-state index in [4.69, 9.17) is 4.18 Å². The molecule has 2 saturated carbocycles. The second-order valence-electron chi connectivity index (χ2n) is 8.34. The maximum Gasteiger partial charge on any atom is 0.296 e. The van der Waals surface area contributed by atoms with E-state index in [0.717, 1.165) is 10.9 Å². The zero-order valence-electron chi connectivity index (χ0n) is 14.7. The average Bonchev–Trinajstić information content (AvgIpc) is 2.91. The fourth-order valence-corrected chi connectivity index (χ4v) is 6.73. The van der Waals surface area contributed by atoms with Gasteiger partial charge in [0.1, 0.15) is 0 Å². The molecule has 2 bridgehead atoms. The van der Waals surface area contributed by atoms with E-state index < -0.39 is 10.1 Å². The van der Waals surface area contributed by atoms with Crippen molar-refractivity contribution in [2.45, 2.75) is 44.4 Å². The summed E-state index contributed by atoms with van der Waals surface area (Å²) in [6.45, 7) is 4.92. The molecule has 0 radical (unpaired) electrons. The molecule has 3 nitrogen and oxygen atoms in total. The van der Waals surface area contributed by atoms with Crippen molar-refractivity contribution >= 4 is 26.0 Å². The summed E-state index contributed by atoms with van der Waals surface area (Å²) in [5.74, 6) is 1.51. The Morgan fingerprint density at radius 3 is 2.52 bits per heavy atom. The highest BCUT2D eigenvalue weighted by molar-refractivity contribution is 9.10. The lowest BCUT2D eigenvalue weighted by Gasteiger charge is -2.56. The van der Waals surface area contributed by atoms with Gasteiger partial charge in [0.25, 0.3) is 10.1 Å². The van der Waals surface area contributed by atoms with Crippen molar-refractivity contribution in [2.75, 3.05) is 6.61 Å². The average molecular weight is 425 g/mol. The SMILES string of the molecule is C[C@H]1CC[C@H]2[C@@H](COS(=O)(=O)c3ccc(Br)cc3)[C@@]3(C)C=C[C@@]12CC3. The van der Waals surface area contributed by atoms with Crippen LogP contribution in [0.2, 0.25) is 0 Å². The highest BCUT2D eigenvalue weighted by Crippen LogP contribution is 2.66. The normalized spacial score (nSPS) is 39.6. The van der Waals surface area contributed by atoms with E-state index in [0.29, 0.717) is 18.4 Å². The molecule has 1 aromatic rings. The van der Waals surface area contributed by atoms with E-state index in [1.165, 1.54) is 19.3 Å². The minimum absolute atomic E-state index is 0.0612. The standard InChI is InChI=1S/C20H25BrO3S/c1-14-3-8-17-18(19(2)9-11-20(14,17)12-10-19)13-24-25(22,23)16-6-4-15(21)5-7-16/h4-7,9,11,14,17-18H,3,8,10,12-13H2,1-2H3/t14-,17-,18+,19-,20+/m0/s1. The molecule has 4 aliphatic carbocycles. The van der Waals surface area contributed by atoms with Gasteiger partial charge in [-0.2, -0.15) is 8.42 Å². The number of hydrogen-bond acceptors (Lipinski definition) is 3. The molecule has 0 unspecified atom stereocenters. The van der Waals surface area contributed by atoms with E-state index in [9.17, 15) is 8.42 Å². The zero-order valence-corrected chi connectivity index (χ0v) is 17.1. The molecule has 0 amide bonds. The summed E-state index contributed by atoms with van der Waals surface area (Å²) >= 11 is 3.34. The summed E-state index contributed by atoms with van der Waals surface area (Å²) in [5, 5.41) is 0. The molecule has 2 fully saturated rings. The molecule has 0 saturated heterocycles. The van der Waals surface area contributed by atoms with Crippen LogP contribution in [-0.4, -0.2) is 15.0 Å². The van der Waals surface area contributed by atoms with Crippen LogP contribution in [0.3, 0.4) is 0 Å². The Kier molecular flexibility index (Phi) is 4.21. The molecular formula is C20H25BrO3S. The third-order valence-electron chi connectivity index (χ3n) is 7.23. The van der Waals surface area contributed by atoms with Crippen LogP contribution >= 0.6 is 15.9 Å². The van der Waals surface area contributed by atoms with Crippen LogP contribution in [0.15, 0.2) is 45.8 Å². The van der Waals surface area contributed by atoms with Gasteiger partial charge in [-0.05, 0) is 78.5 Å². The van der Waals surface area contributed by atoms with Crippen molar-refractivity contribution in [1.82, 2.24) is 0 Å². The molecule has 5 rings (SSSR count). The van der Waals surface area contributed by atoms with Gasteiger partial charge in [0, 0.05) is 4.47 Å². The fourth-order valence-electron chi connectivity index (χ4n) is 5.53.